The SMILES string of the molecule is O=C(NCCCCCO)C1(c2cccc(Cl)c2)CCC1. The van der Waals surface area contributed by atoms with Crippen LogP contribution >= 0.6 is 11.6 Å². The minimum absolute atomic E-state index is 0.120. The van der Waals surface area contributed by atoms with Gasteiger partial charge >= 0.3 is 0 Å². The number of rotatable bonds is 7. The molecule has 1 aliphatic carbocycles. The van der Waals surface area contributed by atoms with Crippen LogP contribution in [0.1, 0.15) is 44.1 Å². The highest BCUT2D eigenvalue weighted by molar-refractivity contribution is 6.30. The summed E-state index contributed by atoms with van der Waals surface area (Å²) in [6, 6.07) is 7.65. The van der Waals surface area contributed by atoms with E-state index in [2.05, 4.69) is 5.32 Å². The van der Waals surface area contributed by atoms with Crippen molar-refractivity contribution in [3.05, 3.63) is 34.9 Å². The number of unbranched alkanes of at least 4 members (excludes halogenated alkanes) is 2. The lowest BCUT2D eigenvalue weighted by atomic mass is 9.64. The Bertz CT molecular complexity index is 458. The molecule has 0 saturated heterocycles. The predicted molar refractivity (Wildman–Crippen MR) is 80.9 cm³/mol. The standard InChI is InChI=1S/C16H22ClNO2/c17-14-7-4-6-13(12-14)16(8-5-9-16)15(20)18-10-2-1-3-11-19/h4,6-7,12,19H,1-3,5,8-11H2,(H,18,20). The van der Waals surface area contributed by atoms with Gasteiger partial charge in [0.1, 0.15) is 0 Å². The highest BCUT2D eigenvalue weighted by Crippen LogP contribution is 2.44. The number of amides is 1. The Hall–Kier alpha value is -1.06. The van der Waals surface area contributed by atoms with Crippen molar-refractivity contribution < 1.29 is 9.90 Å². The van der Waals surface area contributed by atoms with Gasteiger partial charge in [0, 0.05) is 18.2 Å². The Morgan fingerprint density at radius 2 is 2.10 bits per heavy atom. The minimum atomic E-state index is -0.373. The Morgan fingerprint density at radius 1 is 1.30 bits per heavy atom. The van der Waals surface area contributed by atoms with Crippen LogP contribution in [0.15, 0.2) is 24.3 Å². The molecule has 0 heterocycles. The molecule has 1 aromatic carbocycles. The van der Waals surface area contributed by atoms with Gasteiger partial charge < -0.3 is 10.4 Å². The molecule has 1 fully saturated rings. The third-order valence-corrected chi connectivity index (χ3v) is 4.37. The Morgan fingerprint density at radius 3 is 2.70 bits per heavy atom. The lowest BCUT2D eigenvalue weighted by Crippen LogP contribution is -2.49. The molecule has 3 nitrogen and oxygen atoms in total. The van der Waals surface area contributed by atoms with Crippen LogP contribution in [0.25, 0.3) is 0 Å². The molecule has 0 radical (unpaired) electrons. The maximum Gasteiger partial charge on any atom is 0.230 e. The molecule has 0 bridgehead atoms. The van der Waals surface area contributed by atoms with E-state index in [0.29, 0.717) is 11.6 Å². The van der Waals surface area contributed by atoms with Crippen molar-refractivity contribution in [3.63, 3.8) is 0 Å². The molecule has 20 heavy (non-hydrogen) atoms. The van der Waals surface area contributed by atoms with Crippen molar-refractivity contribution in [1.29, 1.82) is 0 Å². The zero-order valence-electron chi connectivity index (χ0n) is 11.7. The van der Waals surface area contributed by atoms with E-state index in [-0.39, 0.29) is 17.9 Å². The average Bonchev–Trinajstić information content (AvgIpc) is 2.37. The first-order valence-corrected chi connectivity index (χ1v) is 7.72. The molecule has 0 spiro atoms. The summed E-state index contributed by atoms with van der Waals surface area (Å²) < 4.78 is 0. The van der Waals surface area contributed by atoms with E-state index in [9.17, 15) is 4.79 Å². The number of carbonyl (C=O) groups excluding carboxylic acids is 1. The van der Waals surface area contributed by atoms with E-state index < -0.39 is 0 Å². The van der Waals surface area contributed by atoms with Crippen LogP contribution in [-0.4, -0.2) is 24.2 Å². The molecule has 0 unspecified atom stereocenters. The van der Waals surface area contributed by atoms with E-state index in [1.54, 1.807) is 0 Å². The summed E-state index contributed by atoms with van der Waals surface area (Å²) in [7, 11) is 0. The molecule has 110 valence electrons. The maximum absolute atomic E-state index is 12.5. The van der Waals surface area contributed by atoms with E-state index in [1.807, 2.05) is 24.3 Å². The van der Waals surface area contributed by atoms with Gasteiger partial charge in [-0.1, -0.05) is 30.2 Å². The van der Waals surface area contributed by atoms with Crippen LogP contribution in [0.5, 0.6) is 0 Å². The first-order chi connectivity index (χ1) is 9.69. The number of nitrogens with one attached hydrogen (secondary N) is 1. The Balaban J connectivity index is 1.95. The zero-order valence-corrected chi connectivity index (χ0v) is 12.5. The summed E-state index contributed by atoms with van der Waals surface area (Å²) in [6.07, 6.45) is 5.55. The first-order valence-electron chi connectivity index (χ1n) is 7.34. The molecule has 2 rings (SSSR count). The second kappa shape index (κ2) is 7.09. The average molecular weight is 296 g/mol. The summed E-state index contributed by atoms with van der Waals surface area (Å²) in [5.74, 6) is 0.120. The third-order valence-electron chi connectivity index (χ3n) is 4.14. The normalized spacial score (nSPS) is 16.5. The van der Waals surface area contributed by atoms with Crippen molar-refractivity contribution in [2.45, 2.75) is 43.9 Å². The fourth-order valence-electron chi connectivity index (χ4n) is 2.75. The van der Waals surface area contributed by atoms with E-state index in [0.717, 1.165) is 44.1 Å². The van der Waals surface area contributed by atoms with Gasteiger partial charge in [0.2, 0.25) is 5.91 Å². The van der Waals surface area contributed by atoms with Crippen molar-refractivity contribution in [3.8, 4) is 0 Å². The van der Waals surface area contributed by atoms with Gasteiger partial charge in [-0.05, 0) is 49.8 Å². The predicted octanol–water partition coefficient (Wildman–Crippen LogP) is 3.04. The number of hydrogen-bond acceptors (Lipinski definition) is 2. The zero-order chi connectivity index (χ0) is 14.4. The van der Waals surface area contributed by atoms with E-state index in [1.165, 1.54) is 0 Å². The van der Waals surface area contributed by atoms with Crippen LogP contribution < -0.4 is 5.32 Å². The monoisotopic (exact) mass is 295 g/mol. The summed E-state index contributed by atoms with van der Waals surface area (Å²) >= 11 is 6.04. The van der Waals surface area contributed by atoms with Crippen LogP contribution in [0.4, 0.5) is 0 Å². The van der Waals surface area contributed by atoms with Gasteiger partial charge in [-0.3, -0.25) is 4.79 Å². The quantitative estimate of drug-likeness (QED) is 0.760. The largest absolute Gasteiger partial charge is 0.396 e. The van der Waals surface area contributed by atoms with E-state index >= 15 is 0 Å². The second-order valence-corrected chi connectivity index (χ2v) is 5.92. The molecular weight excluding hydrogens is 274 g/mol. The summed E-state index contributed by atoms with van der Waals surface area (Å²) in [5.41, 5.74) is 0.658. The number of hydrogen-bond donors (Lipinski definition) is 2. The number of halogens is 1. The first kappa shape index (κ1) is 15.3. The van der Waals surface area contributed by atoms with Gasteiger partial charge in [0.25, 0.3) is 0 Å². The lowest BCUT2D eigenvalue weighted by molar-refractivity contribution is -0.129. The smallest absolute Gasteiger partial charge is 0.230 e. The minimum Gasteiger partial charge on any atom is -0.396 e. The Labute approximate surface area is 125 Å². The van der Waals surface area contributed by atoms with Crippen molar-refractivity contribution in [2.24, 2.45) is 0 Å². The van der Waals surface area contributed by atoms with Crippen molar-refractivity contribution >= 4 is 17.5 Å². The fourth-order valence-corrected chi connectivity index (χ4v) is 2.94. The number of carbonyl (C=O) groups is 1. The molecule has 1 aromatic rings. The highest BCUT2D eigenvalue weighted by atomic mass is 35.5. The summed E-state index contributed by atoms with van der Waals surface area (Å²) in [4.78, 5) is 12.5. The molecule has 2 N–H and O–H groups in total. The number of benzene rings is 1. The van der Waals surface area contributed by atoms with Crippen LogP contribution in [0.2, 0.25) is 5.02 Å². The fraction of sp³-hybridized carbons (Fsp3) is 0.562. The van der Waals surface area contributed by atoms with Crippen LogP contribution in [0.3, 0.4) is 0 Å². The summed E-state index contributed by atoms with van der Waals surface area (Å²) in [5, 5.41) is 12.4. The third kappa shape index (κ3) is 3.33. The molecule has 4 heteroatoms. The molecule has 0 aromatic heterocycles. The number of aliphatic hydroxyl groups is 1. The molecule has 0 atom stereocenters. The van der Waals surface area contributed by atoms with Gasteiger partial charge in [-0.25, -0.2) is 0 Å². The number of aliphatic hydroxyl groups excluding tert-OH is 1. The molecular formula is C16H22ClNO2. The second-order valence-electron chi connectivity index (χ2n) is 5.49. The molecule has 1 amide bonds. The van der Waals surface area contributed by atoms with Crippen molar-refractivity contribution in [2.75, 3.05) is 13.2 Å². The molecule has 0 aliphatic heterocycles. The van der Waals surface area contributed by atoms with Gasteiger partial charge in [0.05, 0.1) is 5.41 Å². The van der Waals surface area contributed by atoms with Crippen LogP contribution in [-0.2, 0) is 10.2 Å². The van der Waals surface area contributed by atoms with Crippen molar-refractivity contribution in [1.82, 2.24) is 5.32 Å². The van der Waals surface area contributed by atoms with Gasteiger partial charge in [0.15, 0.2) is 0 Å². The Kier molecular flexibility index (Phi) is 5.44. The maximum atomic E-state index is 12.5. The highest BCUT2D eigenvalue weighted by Gasteiger charge is 2.45. The summed E-state index contributed by atoms with van der Waals surface area (Å²) in [6.45, 7) is 0.904. The topological polar surface area (TPSA) is 49.3 Å². The molecule has 1 saturated carbocycles. The van der Waals surface area contributed by atoms with Gasteiger partial charge in [-0.15, -0.1) is 0 Å². The van der Waals surface area contributed by atoms with Crippen LogP contribution in [0, 0.1) is 0 Å². The van der Waals surface area contributed by atoms with Gasteiger partial charge in [-0.2, -0.15) is 0 Å². The molecule has 1 aliphatic rings. The lowest BCUT2D eigenvalue weighted by Gasteiger charge is -2.40. The van der Waals surface area contributed by atoms with E-state index in [4.69, 9.17) is 16.7 Å².